The summed E-state index contributed by atoms with van der Waals surface area (Å²) in [6, 6.07) is 2.97. The predicted octanol–water partition coefficient (Wildman–Crippen LogP) is 0.804. The zero-order valence-corrected chi connectivity index (χ0v) is 7.78. The minimum atomic E-state index is -0.489. The molecule has 2 atom stereocenters. The van der Waals surface area contributed by atoms with Crippen LogP contribution in [0.2, 0.25) is 0 Å². The summed E-state index contributed by atoms with van der Waals surface area (Å²) in [6.07, 6.45) is 1.57. The first-order valence-electron chi connectivity index (χ1n) is 4.20. The minimum absolute atomic E-state index is 0.131. The third-order valence-electron chi connectivity index (χ3n) is 1.74. The van der Waals surface area contributed by atoms with Gasteiger partial charge < -0.3 is 15.5 Å². The second kappa shape index (κ2) is 4.09. The molecule has 1 heterocycles. The van der Waals surface area contributed by atoms with Crippen molar-refractivity contribution >= 4 is 5.91 Å². The topological polar surface area (TPSA) is 68.3 Å². The highest BCUT2D eigenvalue weighted by molar-refractivity contribution is 5.81. The summed E-state index contributed by atoms with van der Waals surface area (Å²) in [5.41, 5.74) is 5.39. The molecule has 0 bridgehead atoms. The Hall–Kier alpha value is -1.29. The summed E-state index contributed by atoms with van der Waals surface area (Å²) in [7, 11) is 0. The third kappa shape index (κ3) is 2.59. The van der Waals surface area contributed by atoms with Gasteiger partial charge in [0.25, 0.3) is 0 Å². The Bertz CT molecular complexity index is 267. The fourth-order valence-corrected chi connectivity index (χ4v) is 0.954. The Morgan fingerprint density at radius 3 is 2.77 bits per heavy atom. The van der Waals surface area contributed by atoms with Crippen LogP contribution in [0.3, 0.4) is 0 Å². The lowest BCUT2D eigenvalue weighted by molar-refractivity contribution is -0.122. The van der Waals surface area contributed by atoms with Crippen molar-refractivity contribution < 1.29 is 9.21 Å². The molecule has 13 heavy (non-hydrogen) atoms. The molecule has 0 saturated heterocycles. The van der Waals surface area contributed by atoms with Crippen LogP contribution in [0.1, 0.15) is 25.6 Å². The maximum atomic E-state index is 11.2. The van der Waals surface area contributed by atoms with Gasteiger partial charge in [0.2, 0.25) is 5.91 Å². The van der Waals surface area contributed by atoms with Gasteiger partial charge in [-0.3, -0.25) is 4.79 Å². The van der Waals surface area contributed by atoms with Gasteiger partial charge in [-0.25, -0.2) is 0 Å². The Kier molecular flexibility index (Phi) is 3.08. The highest BCUT2D eigenvalue weighted by Gasteiger charge is 2.13. The molecule has 4 nitrogen and oxygen atoms in total. The van der Waals surface area contributed by atoms with E-state index in [0.717, 1.165) is 5.76 Å². The van der Waals surface area contributed by atoms with Crippen LogP contribution in [0, 0.1) is 0 Å². The summed E-state index contributed by atoms with van der Waals surface area (Å²) in [4.78, 5) is 11.2. The molecule has 0 fully saturated rings. The molecule has 1 amide bonds. The number of carbonyl (C=O) groups is 1. The number of rotatable bonds is 3. The first-order chi connectivity index (χ1) is 6.11. The predicted molar refractivity (Wildman–Crippen MR) is 48.9 cm³/mol. The van der Waals surface area contributed by atoms with Crippen LogP contribution in [-0.2, 0) is 4.79 Å². The maximum Gasteiger partial charge on any atom is 0.237 e. The van der Waals surface area contributed by atoms with Gasteiger partial charge in [0, 0.05) is 0 Å². The van der Waals surface area contributed by atoms with Crippen LogP contribution in [0.4, 0.5) is 0 Å². The van der Waals surface area contributed by atoms with E-state index in [1.807, 2.05) is 13.0 Å². The molecule has 1 aromatic rings. The smallest absolute Gasteiger partial charge is 0.237 e. The maximum absolute atomic E-state index is 11.2. The van der Waals surface area contributed by atoms with Gasteiger partial charge in [0.05, 0.1) is 18.3 Å². The molecule has 0 aliphatic carbocycles. The SMILES string of the molecule is C[C@@H](N)C(=O)N[C@H](C)c1ccco1. The summed E-state index contributed by atoms with van der Waals surface area (Å²) in [5, 5.41) is 2.72. The van der Waals surface area contributed by atoms with Gasteiger partial charge in [0.15, 0.2) is 0 Å². The molecule has 0 aromatic carbocycles. The molecule has 1 rings (SSSR count). The zero-order valence-electron chi connectivity index (χ0n) is 7.78. The Labute approximate surface area is 77.1 Å². The van der Waals surface area contributed by atoms with Crippen molar-refractivity contribution in [2.75, 3.05) is 0 Å². The van der Waals surface area contributed by atoms with E-state index in [2.05, 4.69) is 5.32 Å². The summed E-state index contributed by atoms with van der Waals surface area (Å²) >= 11 is 0. The first kappa shape index (κ1) is 9.80. The average molecular weight is 182 g/mol. The molecule has 0 aliphatic heterocycles. The molecule has 0 aliphatic rings. The van der Waals surface area contributed by atoms with Crippen LogP contribution in [0.5, 0.6) is 0 Å². The average Bonchev–Trinajstić information content (AvgIpc) is 2.55. The van der Waals surface area contributed by atoms with E-state index in [-0.39, 0.29) is 11.9 Å². The number of hydrogen-bond acceptors (Lipinski definition) is 3. The number of amides is 1. The highest BCUT2D eigenvalue weighted by atomic mass is 16.3. The normalized spacial score (nSPS) is 15.0. The van der Waals surface area contributed by atoms with Crippen LogP contribution in [0.15, 0.2) is 22.8 Å². The molecule has 0 saturated carbocycles. The van der Waals surface area contributed by atoms with Gasteiger partial charge in [-0.05, 0) is 26.0 Å². The molecule has 3 N–H and O–H groups in total. The molecule has 1 aromatic heterocycles. The largest absolute Gasteiger partial charge is 0.467 e. The van der Waals surface area contributed by atoms with Crippen LogP contribution in [-0.4, -0.2) is 11.9 Å². The fourth-order valence-electron chi connectivity index (χ4n) is 0.954. The number of furan rings is 1. The summed E-state index contributed by atoms with van der Waals surface area (Å²) in [6.45, 7) is 3.49. The first-order valence-corrected chi connectivity index (χ1v) is 4.20. The summed E-state index contributed by atoms with van der Waals surface area (Å²) < 4.78 is 5.12. The van der Waals surface area contributed by atoms with Gasteiger partial charge in [-0.2, -0.15) is 0 Å². The second-order valence-corrected chi connectivity index (χ2v) is 3.03. The molecule has 0 spiro atoms. The fraction of sp³-hybridized carbons (Fsp3) is 0.444. The Balaban J connectivity index is 2.51. The van der Waals surface area contributed by atoms with Crippen molar-refractivity contribution in [3.05, 3.63) is 24.2 Å². The lowest BCUT2D eigenvalue weighted by Gasteiger charge is -2.12. The van der Waals surface area contributed by atoms with Gasteiger partial charge in [-0.15, -0.1) is 0 Å². The van der Waals surface area contributed by atoms with E-state index in [0.29, 0.717) is 0 Å². The molecule has 4 heteroatoms. The molecular formula is C9H14N2O2. The van der Waals surface area contributed by atoms with Crippen LogP contribution >= 0.6 is 0 Å². The summed E-state index contributed by atoms with van der Waals surface area (Å²) in [5.74, 6) is 0.554. The van der Waals surface area contributed by atoms with Crippen molar-refractivity contribution in [2.24, 2.45) is 5.73 Å². The Morgan fingerprint density at radius 2 is 2.31 bits per heavy atom. The van der Waals surface area contributed by atoms with E-state index in [9.17, 15) is 4.79 Å². The van der Waals surface area contributed by atoms with Gasteiger partial charge in [-0.1, -0.05) is 0 Å². The van der Waals surface area contributed by atoms with Crippen LogP contribution < -0.4 is 11.1 Å². The molecule has 0 radical (unpaired) electrons. The lowest BCUT2D eigenvalue weighted by Crippen LogP contribution is -2.39. The minimum Gasteiger partial charge on any atom is -0.467 e. The van der Waals surface area contributed by atoms with Gasteiger partial charge in [0.1, 0.15) is 5.76 Å². The van der Waals surface area contributed by atoms with Crippen molar-refractivity contribution in [2.45, 2.75) is 25.9 Å². The Morgan fingerprint density at radius 1 is 1.62 bits per heavy atom. The zero-order chi connectivity index (χ0) is 9.84. The standard InChI is InChI=1S/C9H14N2O2/c1-6(10)9(12)11-7(2)8-4-3-5-13-8/h3-7H,10H2,1-2H3,(H,11,12)/t6-,7-/m1/s1. The highest BCUT2D eigenvalue weighted by Crippen LogP contribution is 2.11. The molecular weight excluding hydrogens is 168 g/mol. The van der Waals surface area contributed by atoms with E-state index in [4.69, 9.17) is 10.2 Å². The third-order valence-corrected chi connectivity index (χ3v) is 1.74. The number of nitrogens with two attached hydrogens (primary N) is 1. The molecule has 0 unspecified atom stereocenters. The van der Waals surface area contributed by atoms with Crippen LogP contribution in [0.25, 0.3) is 0 Å². The van der Waals surface area contributed by atoms with Crippen molar-refractivity contribution in [1.29, 1.82) is 0 Å². The van der Waals surface area contributed by atoms with Crippen molar-refractivity contribution in [1.82, 2.24) is 5.32 Å². The second-order valence-electron chi connectivity index (χ2n) is 3.03. The van der Waals surface area contributed by atoms with Gasteiger partial charge >= 0.3 is 0 Å². The van der Waals surface area contributed by atoms with E-state index in [1.54, 1.807) is 19.3 Å². The number of hydrogen-bond donors (Lipinski definition) is 2. The number of nitrogens with one attached hydrogen (secondary N) is 1. The number of carbonyl (C=O) groups excluding carboxylic acids is 1. The van der Waals surface area contributed by atoms with E-state index >= 15 is 0 Å². The van der Waals surface area contributed by atoms with E-state index < -0.39 is 6.04 Å². The van der Waals surface area contributed by atoms with Crippen molar-refractivity contribution in [3.63, 3.8) is 0 Å². The molecule has 72 valence electrons. The lowest BCUT2D eigenvalue weighted by atomic mass is 10.2. The van der Waals surface area contributed by atoms with E-state index in [1.165, 1.54) is 0 Å². The quantitative estimate of drug-likeness (QED) is 0.726. The van der Waals surface area contributed by atoms with Crippen molar-refractivity contribution in [3.8, 4) is 0 Å². The monoisotopic (exact) mass is 182 g/mol.